The van der Waals surface area contributed by atoms with E-state index in [9.17, 15) is 22.8 Å². The van der Waals surface area contributed by atoms with Gasteiger partial charge in [-0.25, -0.2) is 22.0 Å². The monoisotopic (exact) mass is 847 g/mol. The predicted molar refractivity (Wildman–Crippen MR) is 211 cm³/mol. The lowest BCUT2D eigenvalue weighted by Gasteiger charge is -2.41. The maximum atomic E-state index is 14.2. The topological polar surface area (TPSA) is 133 Å². The van der Waals surface area contributed by atoms with Crippen molar-refractivity contribution in [2.45, 2.75) is 69.5 Å². The number of fused-ring (bicyclic) bond motifs is 2. The van der Waals surface area contributed by atoms with Crippen molar-refractivity contribution >= 4 is 74.0 Å². The number of amides is 3. The molecule has 0 spiro atoms. The largest absolute Gasteiger partial charge is 0.341 e. The maximum absolute atomic E-state index is 14.2. The summed E-state index contributed by atoms with van der Waals surface area (Å²) in [6, 6.07) is 14.4. The number of hydrogen-bond acceptors (Lipinski definition) is 7. The molecule has 3 aliphatic rings. The van der Waals surface area contributed by atoms with Crippen molar-refractivity contribution in [1.29, 1.82) is 0 Å². The number of H-pyrrole nitrogens is 1. The Morgan fingerprint density at radius 1 is 0.882 bits per heavy atom. The average Bonchev–Trinajstić information content (AvgIpc) is 3.74. The smallest absolute Gasteiger partial charge is 0.326 e. The van der Waals surface area contributed by atoms with Crippen LogP contribution in [0.25, 0.3) is 21.9 Å². The zero-order valence-corrected chi connectivity index (χ0v) is 32.5. The molecule has 1 unspecified atom stereocenters. The van der Waals surface area contributed by atoms with Gasteiger partial charge in [0.1, 0.15) is 6.04 Å². The number of imidazole rings is 1. The van der Waals surface area contributed by atoms with E-state index in [-0.39, 0.29) is 35.8 Å². The van der Waals surface area contributed by atoms with Gasteiger partial charge in [0.15, 0.2) is 0 Å². The van der Waals surface area contributed by atoms with E-state index < -0.39 is 16.1 Å². The van der Waals surface area contributed by atoms with Crippen LogP contribution in [0.1, 0.15) is 56.6 Å². The second kappa shape index (κ2) is 15.9. The van der Waals surface area contributed by atoms with Crippen LogP contribution in [0.3, 0.4) is 0 Å². The molecule has 4 aromatic rings. The van der Waals surface area contributed by atoms with Gasteiger partial charge < -0.3 is 25.0 Å². The third-order valence-electron chi connectivity index (χ3n) is 10.9. The summed E-state index contributed by atoms with van der Waals surface area (Å²) in [5, 5.41) is 3.88. The lowest BCUT2D eigenvalue weighted by atomic mass is 9.98. The highest BCUT2D eigenvalue weighted by atomic mass is 127. The second-order valence-electron chi connectivity index (χ2n) is 14.0. The van der Waals surface area contributed by atoms with Gasteiger partial charge in [-0.05, 0) is 109 Å². The summed E-state index contributed by atoms with van der Waals surface area (Å²) in [7, 11) is -2.04. The van der Waals surface area contributed by atoms with E-state index in [2.05, 4.69) is 36.4 Å². The summed E-state index contributed by atoms with van der Waals surface area (Å²) >= 11 is 2.10. The maximum Gasteiger partial charge on any atom is 0.326 e. The molecule has 15 heteroatoms. The second-order valence-corrected chi connectivity index (χ2v) is 18.5. The van der Waals surface area contributed by atoms with Crippen molar-refractivity contribution in [3.05, 3.63) is 70.8 Å². The first-order valence-corrected chi connectivity index (χ1v) is 23.2. The number of hydrogen-bond donors (Lipinski definition) is 2. The highest BCUT2D eigenvalue weighted by Gasteiger charge is 2.34. The van der Waals surface area contributed by atoms with Crippen LogP contribution >= 0.6 is 30.1 Å². The van der Waals surface area contributed by atoms with Crippen LogP contribution in [0.2, 0.25) is 0 Å². The number of halogens is 1. The van der Waals surface area contributed by atoms with Crippen molar-refractivity contribution in [3.63, 3.8) is 0 Å². The number of nitrogens with zero attached hydrogens (tertiary/aromatic N) is 5. The molecule has 5 heterocycles. The van der Waals surface area contributed by atoms with E-state index in [0.29, 0.717) is 56.3 Å². The molecule has 7 rings (SSSR count). The fourth-order valence-corrected chi connectivity index (χ4v) is 11.8. The van der Waals surface area contributed by atoms with Gasteiger partial charge >= 0.3 is 11.7 Å². The molecule has 3 amide bonds. The van der Waals surface area contributed by atoms with E-state index in [1.807, 2.05) is 45.9 Å². The van der Waals surface area contributed by atoms with Crippen LogP contribution in [0.4, 0.5) is 4.79 Å². The molecule has 274 valence electrons. The number of nitrogens with one attached hydrogen (secondary N) is 2. The van der Waals surface area contributed by atoms with Gasteiger partial charge in [-0.3, -0.25) is 9.36 Å². The number of likely N-dealkylation sites (tertiary alicyclic amines) is 3. The number of rotatable bonds is 10. The van der Waals surface area contributed by atoms with E-state index in [1.54, 1.807) is 23.2 Å². The lowest BCUT2D eigenvalue weighted by Crippen LogP contribution is -2.56. The number of para-hydroxylation sites is 2. The quantitative estimate of drug-likeness (QED) is 0.216. The summed E-state index contributed by atoms with van der Waals surface area (Å²) in [5.41, 5.74) is 2.97. The molecule has 0 radical (unpaired) electrons. The van der Waals surface area contributed by atoms with Gasteiger partial charge in [-0.2, -0.15) is 0 Å². The first kappa shape index (κ1) is 36.3. The van der Waals surface area contributed by atoms with Crippen molar-refractivity contribution in [2.24, 2.45) is 0 Å². The van der Waals surface area contributed by atoms with Crippen molar-refractivity contribution in [2.75, 3.05) is 50.8 Å². The molecule has 2 aromatic carbocycles. The number of benzene rings is 2. The standard InChI is InChI=1S/C36H46IN7O5S2/c37-50-22-23-51(48,49)43-21-10-27-24-26(8-9-32(27)43)25-31(34(45)41-17-11-28(12-18-41)40-15-4-1-5-16-40)39-35(46)42-19-13-29(14-20-42)44-33-7-3-2-6-30(33)38-36(44)47/h2-3,6-10,21,24,28-29,31H,1,4-5,11-20,22-23,25H2,(H,38,47)(H,39,46). The number of carbonyl (C=O) groups excluding carboxylic acids is 2. The fourth-order valence-electron chi connectivity index (χ4n) is 8.17. The minimum Gasteiger partial charge on any atom is -0.341 e. The molecular weight excluding hydrogens is 801 g/mol. The Morgan fingerprint density at radius 3 is 2.33 bits per heavy atom. The lowest BCUT2D eigenvalue weighted by molar-refractivity contribution is -0.134. The molecule has 3 saturated heterocycles. The van der Waals surface area contributed by atoms with Gasteiger partial charge in [0, 0.05) is 62.0 Å². The van der Waals surface area contributed by atoms with Gasteiger partial charge in [0.05, 0.1) is 22.3 Å². The fraction of sp³-hybridized carbons (Fsp3) is 0.528. The van der Waals surface area contributed by atoms with E-state index in [1.165, 1.54) is 32.2 Å². The number of aromatic nitrogens is 3. The van der Waals surface area contributed by atoms with Gasteiger partial charge in [-0.15, -0.1) is 0 Å². The van der Waals surface area contributed by atoms with E-state index in [0.717, 1.165) is 47.9 Å². The minimum absolute atomic E-state index is 0.0282. The molecule has 1 atom stereocenters. The summed E-state index contributed by atoms with van der Waals surface area (Å²) < 4.78 is 29.1. The zero-order valence-electron chi connectivity index (χ0n) is 28.7. The van der Waals surface area contributed by atoms with Gasteiger partial charge in [-0.1, -0.05) is 33.6 Å². The highest BCUT2D eigenvalue weighted by molar-refractivity contribution is 14.2. The summed E-state index contributed by atoms with van der Waals surface area (Å²) in [6.45, 7) is 4.51. The predicted octanol–water partition coefficient (Wildman–Crippen LogP) is 4.98. The van der Waals surface area contributed by atoms with Crippen LogP contribution in [0.15, 0.2) is 59.5 Å². The molecule has 0 bridgehead atoms. The molecule has 51 heavy (non-hydrogen) atoms. The summed E-state index contributed by atoms with van der Waals surface area (Å²) in [5.74, 6) is 0.453. The number of piperidine rings is 3. The van der Waals surface area contributed by atoms with Crippen LogP contribution in [-0.4, -0.2) is 111 Å². The van der Waals surface area contributed by atoms with Crippen LogP contribution in [0.5, 0.6) is 0 Å². The third kappa shape index (κ3) is 8.00. The number of carbonyl (C=O) groups is 2. The van der Waals surface area contributed by atoms with E-state index >= 15 is 0 Å². The van der Waals surface area contributed by atoms with Crippen LogP contribution in [-0.2, 0) is 21.2 Å². The van der Waals surface area contributed by atoms with Crippen molar-refractivity contribution in [1.82, 2.24) is 33.5 Å². The molecule has 2 aromatic heterocycles. The summed E-state index contributed by atoms with van der Waals surface area (Å²) in [4.78, 5) is 50.0. The molecule has 0 aliphatic carbocycles. The van der Waals surface area contributed by atoms with Gasteiger partial charge in [0.25, 0.3) is 0 Å². The normalized spacial score (nSPS) is 19.2. The Morgan fingerprint density at radius 2 is 1.59 bits per heavy atom. The van der Waals surface area contributed by atoms with Crippen LogP contribution < -0.4 is 11.0 Å². The first-order valence-electron chi connectivity index (χ1n) is 18.1. The SMILES string of the molecule is O=C(NC(Cc1ccc2c(ccn2S(=O)(=O)CCSI)c1)C(=O)N1CCC(N2CCCCC2)CC1)N1CCC(n2c(=O)[nH]c3ccccc32)CC1. The average molecular weight is 848 g/mol. The van der Waals surface area contributed by atoms with Gasteiger partial charge in [0.2, 0.25) is 15.9 Å². The molecule has 12 nitrogen and oxygen atoms in total. The van der Waals surface area contributed by atoms with E-state index in [4.69, 9.17) is 0 Å². The van der Waals surface area contributed by atoms with Crippen molar-refractivity contribution in [3.8, 4) is 0 Å². The van der Waals surface area contributed by atoms with Crippen LogP contribution in [0, 0.1) is 0 Å². The number of urea groups is 1. The Bertz CT molecular complexity index is 2020. The Hall–Kier alpha value is -3.02. The molecular formula is C36H46IN7O5S2. The minimum atomic E-state index is -3.50. The Labute approximate surface area is 314 Å². The zero-order chi connectivity index (χ0) is 35.5. The van der Waals surface area contributed by atoms with Crippen molar-refractivity contribution < 1.29 is 18.0 Å². The highest BCUT2D eigenvalue weighted by Crippen LogP contribution is 2.27. The Kier molecular flexibility index (Phi) is 11.3. The number of aromatic amines is 1. The molecule has 2 N–H and O–H groups in total. The third-order valence-corrected chi connectivity index (χ3v) is 14.5. The first-order chi connectivity index (χ1) is 24.7. The summed E-state index contributed by atoms with van der Waals surface area (Å²) in [6.07, 6.45) is 8.76. The molecule has 3 fully saturated rings. The molecule has 3 aliphatic heterocycles. The molecule has 0 saturated carbocycles. The Balaban J connectivity index is 1.06.